The molecule has 1 N–H and O–H groups in total. The molecule has 2 aromatic carbocycles. The SMILES string of the molecule is O=C(O)c1cc(-c2cc3cc(Cl)cc(Cl)c3o2)nc2ccc(S(=O)(=O)N3CCCC3)cc12. The molecule has 1 aliphatic heterocycles. The zero-order valence-electron chi connectivity index (χ0n) is 16.5. The number of furan rings is 1. The Bertz CT molecular complexity index is 1510. The molecule has 1 aliphatic rings. The first-order valence-electron chi connectivity index (χ1n) is 9.81. The van der Waals surface area contributed by atoms with E-state index in [0.717, 1.165) is 12.8 Å². The van der Waals surface area contributed by atoms with Gasteiger partial charge in [0.2, 0.25) is 10.0 Å². The topological polar surface area (TPSA) is 101 Å². The van der Waals surface area contributed by atoms with E-state index in [2.05, 4.69) is 4.98 Å². The molecule has 32 heavy (non-hydrogen) atoms. The number of benzene rings is 2. The summed E-state index contributed by atoms with van der Waals surface area (Å²) in [5, 5.41) is 11.5. The monoisotopic (exact) mass is 490 g/mol. The second kappa shape index (κ2) is 7.74. The third kappa shape index (κ3) is 3.53. The van der Waals surface area contributed by atoms with E-state index >= 15 is 0 Å². The van der Waals surface area contributed by atoms with Gasteiger partial charge in [-0.2, -0.15) is 4.31 Å². The van der Waals surface area contributed by atoms with Crippen molar-refractivity contribution >= 4 is 61.1 Å². The lowest BCUT2D eigenvalue weighted by Crippen LogP contribution is -2.27. The normalized spacial score (nSPS) is 15.1. The summed E-state index contributed by atoms with van der Waals surface area (Å²) in [4.78, 5) is 16.6. The number of hydrogen-bond donors (Lipinski definition) is 1. The molecule has 1 saturated heterocycles. The number of carbonyl (C=O) groups is 1. The lowest BCUT2D eigenvalue weighted by molar-refractivity contribution is 0.0699. The zero-order valence-corrected chi connectivity index (χ0v) is 18.8. The molecular weight excluding hydrogens is 475 g/mol. The van der Waals surface area contributed by atoms with Crippen LogP contribution in [0.5, 0.6) is 0 Å². The smallest absolute Gasteiger partial charge is 0.336 e. The highest BCUT2D eigenvalue weighted by atomic mass is 35.5. The van der Waals surface area contributed by atoms with Gasteiger partial charge in [-0.05, 0) is 55.3 Å². The van der Waals surface area contributed by atoms with E-state index in [4.69, 9.17) is 27.6 Å². The first-order valence-corrected chi connectivity index (χ1v) is 12.0. The maximum absolute atomic E-state index is 12.9. The van der Waals surface area contributed by atoms with Gasteiger partial charge in [-0.3, -0.25) is 0 Å². The standard InChI is InChI=1S/C22H16Cl2N2O5S/c23-13-7-12-8-20(31-21(12)17(24)9-13)19-11-16(22(27)28)15-10-14(3-4-18(15)25-19)32(29,30)26-5-1-2-6-26/h3-4,7-11H,1-2,5-6H2,(H,27,28). The highest BCUT2D eigenvalue weighted by Crippen LogP contribution is 2.35. The molecule has 10 heteroatoms. The minimum atomic E-state index is -3.69. The maximum atomic E-state index is 12.9. The van der Waals surface area contributed by atoms with Gasteiger partial charge in [0, 0.05) is 28.9 Å². The lowest BCUT2D eigenvalue weighted by atomic mass is 10.1. The summed E-state index contributed by atoms with van der Waals surface area (Å²) in [5.41, 5.74) is 0.961. The molecule has 1 fully saturated rings. The van der Waals surface area contributed by atoms with Gasteiger partial charge in [0.15, 0.2) is 11.3 Å². The van der Waals surface area contributed by atoms with Crippen molar-refractivity contribution in [1.82, 2.24) is 9.29 Å². The molecular formula is C22H16Cl2N2O5S. The Morgan fingerprint density at radius 1 is 1.06 bits per heavy atom. The minimum Gasteiger partial charge on any atom is -0.478 e. The molecule has 0 atom stereocenters. The van der Waals surface area contributed by atoms with Crippen molar-refractivity contribution in [3.8, 4) is 11.5 Å². The number of aromatic carboxylic acids is 1. The summed E-state index contributed by atoms with van der Waals surface area (Å²) >= 11 is 12.3. The Kier molecular flexibility index (Phi) is 5.13. The summed E-state index contributed by atoms with van der Waals surface area (Å²) in [6, 6.07) is 10.6. The highest BCUT2D eigenvalue weighted by molar-refractivity contribution is 7.89. The molecule has 0 aliphatic carbocycles. The Balaban J connectivity index is 1.67. The molecule has 7 nitrogen and oxygen atoms in total. The van der Waals surface area contributed by atoms with Gasteiger partial charge in [0.05, 0.1) is 21.0 Å². The van der Waals surface area contributed by atoms with Gasteiger partial charge in [-0.25, -0.2) is 18.2 Å². The van der Waals surface area contributed by atoms with Crippen LogP contribution < -0.4 is 0 Å². The minimum absolute atomic E-state index is 0.0501. The number of hydrogen-bond acceptors (Lipinski definition) is 5. The number of carboxylic acids is 1. The molecule has 0 radical (unpaired) electrons. The number of rotatable bonds is 4. The average molecular weight is 491 g/mol. The molecule has 0 unspecified atom stereocenters. The van der Waals surface area contributed by atoms with Crippen LogP contribution in [-0.2, 0) is 10.0 Å². The molecule has 5 rings (SSSR count). The molecule has 0 bridgehead atoms. The van der Waals surface area contributed by atoms with E-state index in [1.165, 1.54) is 28.6 Å². The predicted octanol–water partition coefficient (Wildman–Crippen LogP) is 5.44. The Morgan fingerprint density at radius 3 is 2.53 bits per heavy atom. The summed E-state index contributed by atoms with van der Waals surface area (Å²) in [7, 11) is -3.69. The zero-order chi connectivity index (χ0) is 22.6. The molecule has 164 valence electrons. The van der Waals surface area contributed by atoms with E-state index in [0.29, 0.717) is 45.4 Å². The van der Waals surface area contributed by atoms with Gasteiger partial charge in [-0.15, -0.1) is 0 Å². The molecule has 0 saturated carbocycles. The van der Waals surface area contributed by atoms with E-state index in [1.54, 1.807) is 18.2 Å². The van der Waals surface area contributed by atoms with E-state index < -0.39 is 16.0 Å². The predicted molar refractivity (Wildman–Crippen MR) is 122 cm³/mol. The van der Waals surface area contributed by atoms with Crippen molar-refractivity contribution in [2.45, 2.75) is 17.7 Å². The fraction of sp³-hybridized carbons (Fsp3) is 0.182. The summed E-state index contributed by atoms with van der Waals surface area (Å²) in [6.07, 6.45) is 1.62. The van der Waals surface area contributed by atoms with Crippen molar-refractivity contribution in [3.05, 3.63) is 58.1 Å². The fourth-order valence-electron chi connectivity index (χ4n) is 3.95. The maximum Gasteiger partial charge on any atom is 0.336 e. The second-order valence-electron chi connectivity index (χ2n) is 7.57. The largest absolute Gasteiger partial charge is 0.478 e. The van der Waals surface area contributed by atoms with Crippen molar-refractivity contribution in [2.24, 2.45) is 0 Å². The van der Waals surface area contributed by atoms with Crippen LogP contribution in [0.2, 0.25) is 10.0 Å². The van der Waals surface area contributed by atoms with Gasteiger partial charge in [0.25, 0.3) is 0 Å². The summed E-state index contributed by atoms with van der Waals surface area (Å²) in [6.45, 7) is 0.921. The summed E-state index contributed by atoms with van der Waals surface area (Å²) in [5.74, 6) is -0.881. The number of nitrogens with zero attached hydrogens (tertiary/aromatic N) is 2. The van der Waals surface area contributed by atoms with Crippen LogP contribution in [0.4, 0.5) is 0 Å². The number of carboxylic acid groups (broad SMARTS) is 1. The molecule has 0 spiro atoms. The molecule has 4 aromatic rings. The van der Waals surface area contributed by atoms with Gasteiger partial charge >= 0.3 is 5.97 Å². The highest BCUT2D eigenvalue weighted by Gasteiger charge is 2.28. The fourth-order valence-corrected chi connectivity index (χ4v) is 6.04. The van der Waals surface area contributed by atoms with Crippen molar-refractivity contribution in [2.75, 3.05) is 13.1 Å². The van der Waals surface area contributed by atoms with Crippen LogP contribution in [0.25, 0.3) is 33.3 Å². The quantitative estimate of drug-likeness (QED) is 0.408. The van der Waals surface area contributed by atoms with Crippen LogP contribution in [0.15, 0.2) is 51.8 Å². The molecule has 2 aromatic heterocycles. The number of fused-ring (bicyclic) bond motifs is 2. The number of aromatic nitrogens is 1. The summed E-state index contributed by atoms with van der Waals surface area (Å²) < 4.78 is 33.1. The van der Waals surface area contributed by atoms with Gasteiger partial charge in [-0.1, -0.05) is 23.2 Å². The van der Waals surface area contributed by atoms with Crippen molar-refractivity contribution in [1.29, 1.82) is 0 Å². The van der Waals surface area contributed by atoms with Crippen molar-refractivity contribution in [3.63, 3.8) is 0 Å². The van der Waals surface area contributed by atoms with Crippen molar-refractivity contribution < 1.29 is 22.7 Å². The van der Waals surface area contributed by atoms with Gasteiger partial charge in [0.1, 0.15) is 5.69 Å². The third-order valence-corrected chi connectivity index (χ3v) is 7.90. The Morgan fingerprint density at radius 2 is 1.81 bits per heavy atom. The van der Waals surface area contributed by atoms with Crippen LogP contribution in [-0.4, -0.2) is 41.9 Å². The average Bonchev–Trinajstić information content (AvgIpc) is 3.43. The van der Waals surface area contributed by atoms with Crippen LogP contribution in [0.3, 0.4) is 0 Å². The van der Waals surface area contributed by atoms with E-state index in [-0.39, 0.29) is 21.5 Å². The Labute approximate surface area is 193 Å². The van der Waals surface area contributed by atoms with Crippen LogP contribution in [0, 0.1) is 0 Å². The lowest BCUT2D eigenvalue weighted by Gasteiger charge is -2.16. The van der Waals surface area contributed by atoms with E-state index in [1.807, 2.05) is 0 Å². The number of halogens is 2. The second-order valence-corrected chi connectivity index (χ2v) is 10.3. The first-order chi connectivity index (χ1) is 15.2. The Hall–Kier alpha value is -2.65. The first kappa shape index (κ1) is 21.2. The van der Waals surface area contributed by atoms with Gasteiger partial charge < -0.3 is 9.52 Å². The van der Waals surface area contributed by atoms with Crippen LogP contribution in [0.1, 0.15) is 23.2 Å². The molecule has 3 heterocycles. The molecule has 0 amide bonds. The number of sulfonamides is 1. The van der Waals surface area contributed by atoms with E-state index in [9.17, 15) is 18.3 Å². The van der Waals surface area contributed by atoms with Crippen LogP contribution >= 0.6 is 23.2 Å². The number of pyridine rings is 1. The third-order valence-electron chi connectivity index (χ3n) is 5.50.